The predicted molar refractivity (Wildman–Crippen MR) is 84.5 cm³/mol. The van der Waals surface area contributed by atoms with E-state index in [-0.39, 0.29) is 17.9 Å². The van der Waals surface area contributed by atoms with E-state index in [1.54, 1.807) is 12.1 Å². The van der Waals surface area contributed by atoms with Gasteiger partial charge < -0.3 is 5.73 Å². The Morgan fingerprint density at radius 2 is 1.90 bits per heavy atom. The quantitative estimate of drug-likeness (QED) is 0.912. The van der Waals surface area contributed by atoms with Crippen LogP contribution in [-0.2, 0) is 0 Å². The molecule has 3 rings (SSSR count). The minimum atomic E-state index is -0.167. The second kappa shape index (κ2) is 6.45. The number of piperidine rings is 1. The second-order valence-corrected chi connectivity index (χ2v) is 6.71. The molecule has 1 aromatic rings. The van der Waals surface area contributed by atoms with Crippen LogP contribution in [0.3, 0.4) is 0 Å². The van der Waals surface area contributed by atoms with E-state index in [4.69, 9.17) is 5.73 Å². The van der Waals surface area contributed by atoms with Crippen LogP contribution < -0.4 is 5.73 Å². The summed E-state index contributed by atoms with van der Waals surface area (Å²) in [5.41, 5.74) is 7.64. The molecule has 0 spiro atoms. The van der Waals surface area contributed by atoms with Crippen molar-refractivity contribution in [3.63, 3.8) is 0 Å². The number of rotatable bonds is 4. The fraction of sp³-hybridized carbons (Fsp3) is 0.667. The van der Waals surface area contributed by atoms with Gasteiger partial charge in [-0.3, -0.25) is 4.90 Å². The summed E-state index contributed by atoms with van der Waals surface area (Å²) in [6.45, 7) is 3.29. The second-order valence-electron chi connectivity index (χ2n) is 6.71. The van der Waals surface area contributed by atoms with Gasteiger partial charge in [-0.2, -0.15) is 0 Å². The number of hydrogen-bond acceptors (Lipinski definition) is 2. The zero-order valence-electron chi connectivity index (χ0n) is 13.0. The lowest BCUT2D eigenvalue weighted by Gasteiger charge is -2.45. The molecule has 0 bridgehead atoms. The molecule has 0 aromatic heterocycles. The lowest BCUT2D eigenvalue weighted by atomic mass is 9.87. The first-order chi connectivity index (χ1) is 10.2. The summed E-state index contributed by atoms with van der Waals surface area (Å²) in [6, 6.07) is 8.03. The van der Waals surface area contributed by atoms with Crippen LogP contribution in [0.2, 0.25) is 0 Å². The van der Waals surface area contributed by atoms with Gasteiger partial charge in [0, 0.05) is 12.1 Å². The van der Waals surface area contributed by atoms with Crippen LogP contribution in [0.15, 0.2) is 24.3 Å². The van der Waals surface area contributed by atoms with Gasteiger partial charge in [0.1, 0.15) is 5.82 Å². The van der Waals surface area contributed by atoms with E-state index in [0.717, 1.165) is 18.9 Å². The average molecular weight is 290 g/mol. The van der Waals surface area contributed by atoms with Gasteiger partial charge in [-0.1, -0.05) is 25.5 Å². The number of fused-ring (bicyclic) bond motifs is 1. The topological polar surface area (TPSA) is 29.3 Å². The summed E-state index contributed by atoms with van der Waals surface area (Å²) in [6.07, 6.45) is 7.63. The molecule has 4 unspecified atom stereocenters. The van der Waals surface area contributed by atoms with E-state index in [0.29, 0.717) is 6.04 Å². The molecule has 2 N–H and O–H groups in total. The minimum absolute atomic E-state index is 0.120. The molecule has 2 fully saturated rings. The number of halogens is 1. The first kappa shape index (κ1) is 15.0. The summed E-state index contributed by atoms with van der Waals surface area (Å²) in [5, 5.41) is 0. The number of nitrogens with zero attached hydrogens (tertiary/aromatic N) is 1. The number of benzene rings is 1. The van der Waals surface area contributed by atoms with E-state index >= 15 is 0 Å². The van der Waals surface area contributed by atoms with Gasteiger partial charge in [-0.25, -0.2) is 4.39 Å². The van der Waals surface area contributed by atoms with Crippen molar-refractivity contribution in [2.24, 2.45) is 11.7 Å². The van der Waals surface area contributed by atoms with Crippen molar-refractivity contribution in [1.82, 2.24) is 4.90 Å². The molecule has 1 aromatic carbocycles. The molecule has 0 radical (unpaired) electrons. The van der Waals surface area contributed by atoms with Crippen LogP contribution in [0.25, 0.3) is 0 Å². The van der Waals surface area contributed by atoms with Crippen molar-refractivity contribution in [2.75, 3.05) is 6.54 Å². The monoisotopic (exact) mass is 290 g/mol. The van der Waals surface area contributed by atoms with Crippen molar-refractivity contribution >= 4 is 0 Å². The van der Waals surface area contributed by atoms with E-state index < -0.39 is 0 Å². The summed E-state index contributed by atoms with van der Waals surface area (Å²) >= 11 is 0. The van der Waals surface area contributed by atoms with E-state index in [1.165, 1.54) is 37.7 Å². The minimum Gasteiger partial charge on any atom is -0.326 e. The maximum absolute atomic E-state index is 13.2. The third-order valence-corrected chi connectivity index (χ3v) is 5.48. The Bertz CT molecular complexity index is 459. The summed E-state index contributed by atoms with van der Waals surface area (Å²) in [7, 11) is 0. The van der Waals surface area contributed by atoms with E-state index in [9.17, 15) is 4.39 Å². The molecule has 1 saturated carbocycles. The fourth-order valence-electron chi connectivity index (χ4n) is 4.41. The number of nitrogens with two attached hydrogens (primary N) is 1. The van der Waals surface area contributed by atoms with Crippen molar-refractivity contribution in [2.45, 2.75) is 63.6 Å². The highest BCUT2D eigenvalue weighted by molar-refractivity contribution is 5.22. The molecule has 1 saturated heterocycles. The van der Waals surface area contributed by atoms with E-state index in [2.05, 4.69) is 11.8 Å². The van der Waals surface area contributed by atoms with Crippen molar-refractivity contribution in [3.8, 4) is 0 Å². The standard InChI is InChI=1S/C18H27FN2/c1-2-16(20)18(14-8-10-15(19)11-9-14)21-12-4-6-13-5-3-7-17(13)21/h8-11,13,16-18H,2-7,12,20H2,1H3. The highest BCUT2D eigenvalue weighted by atomic mass is 19.1. The highest BCUT2D eigenvalue weighted by Gasteiger charge is 2.39. The van der Waals surface area contributed by atoms with Crippen LogP contribution in [0, 0.1) is 11.7 Å². The van der Waals surface area contributed by atoms with Gasteiger partial charge >= 0.3 is 0 Å². The first-order valence-electron chi connectivity index (χ1n) is 8.47. The van der Waals surface area contributed by atoms with Crippen LogP contribution in [-0.4, -0.2) is 23.5 Å². The van der Waals surface area contributed by atoms with Crippen LogP contribution >= 0.6 is 0 Å². The molecule has 1 aliphatic heterocycles. The molecular weight excluding hydrogens is 263 g/mol. The molecule has 3 heteroatoms. The summed E-state index contributed by atoms with van der Waals surface area (Å²) < 4.78 is 13.2. The molecular formula is C18H27FN2. The van der Waals surface area contributed by atoms with Gasteiger partial charge in [0.15, 0.2) is 0 Å². The molecule has 2 aliphatic rings. The molecule has 116 valence electrons. The zero-order valence-corrected chi connectivity index (χ0v) is 13.0. The van der Waals surface area contributed by atoms with Crippen LogP contribution in [0.1, 0.15) is 57.1 Å². The average Bonchev–Trinajstić information content (AvgIpc) is 2.98. The normalized spacial score (nSPS) is 29.1. The number of likely N-dealkylation sites (tertiary alicyclic amines) is 1. The van der Waals surface area contributed by atoms with Crippen LogP contribution in [0.4, 0.5) is 4.39 Å². The Morgan fingerprint density at radius 3 is 2.62 bits per heavy atom. The largest absolute Gasteiger partial charge is 0.326 e. The van der Waals surface area contributed by atoms with Crippen molar-refractivity contribution in [1.29, 1.82) is 0 Å². The zero-order chi connectivity index (χ0) is 14.8. The molecule has 1 aliphatic carbocycles. The van der Waals surface area contributed by atoms with Crippen molar-refractivity contribution in [3.05, 3.63) is 35.6 Å². The molecule has 2 nitrogen and oxygen atoms in total. The van der Waals surface area contributed by atoms with Gasteiger partial charge in [0.25, 0.3) is 0 Å². The Labute approximate surface area is 127 Å². The molecule has 1 heterocycles. The number of hydrogen-bond donors (Lipinski definition) is 1. The maximum Gasteiger partial charge on any atom is 0.123 e. The van der Waals surface area contributed by atoms with Gasteiger partial charge in [-0.15, -0.1) is 0 Å². The Morgan fingerprint density at radius 1 is 1.19 bits per heavy atom. The molecule has 0 amide bonds. The lowest BCUT2D eigenvalue weighted by molar-refractivity contribution is 0.0537. The van der Waals surface area contributed by atoms with Gasteiger partial charge in [0.2, 0.25) is 0 Å². The lowest BCUT2D eigenvalue weighted by Crippen LogP contribution is -2.50. The summed E-state index contributed by atoms with van der Waals surface area (Å²) in [5.74, 6) is 0.686. The highest BCUT2D eigenvalue weighted by Crippen LogP contribution is 2.41. The fourth-order valence-corrected chi connectivity index (χ4v) is 4.41. The van der Waals surface area contributed by atoms with Crippen LogP contribution in [0.5, 0.6) is 0 Å². The predicted octanol–water partition coefficient (Wildman–Crippen LogP) is 3.87. The Hall–Kier alpha value is -0.930. The molecule has 4 atom stereocenters. The Balaban J connectivity index is 1.89. The van der Waals surface area contributed by atoms with E-state index in [1.807, 2.05) is 12.1 Å². The van der Waals surface area contributed by atoms with Gasteiger partial charge in [0.05, 0.1) is 6.04 Å². The third-order valence-electron chi connectivity index (χ3n) is 5.48. The molecule has 21 heavy (non-hydrogen) atoms. The summed E-state index contributed by atoms with van der Waals surface area (Å²) in [4.78, 5) is 2.64. The van der Waals surface area contributed by atoms with Gasteiger partial charge in [-0.05, 0) is 62.3 Å². The third kappa shape index (κ3) is 3.00. The van der Waals surface area contributed by atoms with Crippen molar-refractivity contribution < 1.29 is 4.39 Å². The maximum atomic E-state index is 13.2. The first-order valence-corrected chi connectivity index (χ1v) is 8.47. The SMILES string of the molecule is CCC(N)C(c1ccc(F)cc1)N1CCCC2CCCC21. The Kier molecular flexibility index (Phi) is 4.60. The smallest absolute Gasteiger partial charge is 0.123 e.